The Bertz CT molecular complexity index is 652. The van der Waals surface area contributed by atoms with E-state index in [9.17, 15) is 4.39 Å². The lowest BCUT2D eigenvalue weighted by Crippen LogP contribution is -2.03. The lowest BCUT2D eigenvalue weighted by Gasteiger charge is -2.12. The van der Waals surface area contributed by atoms with E-state index in [1.165, 1.54) is 6.07 Å². The average molecular weight is 309 g/mol. The number of halogens is 2. The molecule has 0 atom stereocenters. The molecule has 0 spiro atoms. The molecule has 1 aromatic carbocycles. The first-order valence-corrected chi connectivity index (χ1v) is 7.04. The number of nitrogens with one attached hydrogen (secondary N) is 1. The van der Waals surface area contributed by atoms with Gasteiger partial charge in [-0.3, -0.25) is 0 Å². The van der Waals surface area contributed by atoms with Gasteiger partial charge >= 0.3 is 0 Å². The van der Waals surface area contributed by atoms with E-state index in [4.69, 9.17) is 21.1 Å². The highest BCUT2D eigenvalue weighted by Crippen LogP contribution is 2.38. The zero-order valence-electron chi connectivity index (χ0n) is 11.2. The van der Waals surface area contributed by atoms with Gasteiger partial charge in [-0.05, 0) is 29.8 Å². The third kappa shape index (κ3) is 3.36. The Morgan fingerprint density at radius 2 is 2.10 bits per heavy atom. The predicted octanol–water partition coefficient (Wildman–Crippen LogP) is 3.65. The molecule has 2 aromatic rings. The lowest BCUT2D eigenvalue weighted by atomic mass is 10.2. The number of aromatic nitrogens is 1. The molecule has 0 aliphatic carbocycles. The molecular weight excluding hydrogens is 295 g/mol. The van der Waals surface area contributed by atoms with Crippen molar-refractivity contribution >= 4 is 17.4 Å². The van der Waals surface area contributed by atoms with Crippen molar-refractivity contribution in [2.24, 2.45) is 0 Å². The van der Waals surface area contributed by atoms with Crippen molar-refractivity contribution in [1.82, 2.24) is 4.98 Å². The molecule has 0 bridgehead atoms. The number of benzene rings is 1. The van der Waals surface area contributed by atoms with Crippen molar-refractivity contribution in [3.8, 4) is 11.5 Å². The summed E-state index contributed by atoms with van der Waals surface area (Å²) >= 11 is 6.22. The molecule has 0 radical (unpaired) electrons. The number of pyridine rings is 1. The van der Waals surface area contributed by atoms with E-state index >= 15 is 0 Å². The molecule has 0 saturated carbocycles. The van der Waals surface area contributed by atoms with E-state index in [0.717, 1.165) is 12.0 Å². The summed E-state index contributed by atoms with van der Waals surface area (Å²) in [5.74, 6) is 1.18. The van der Waals surface area contributed by atoms with E-state index in [1.807, 2.05) is 6.07 Å². The third-order valence-corrected chi connectivity index (χ3v) is 3.33. The summed E-state index contributed by atoms with van der Waals surface area (Å²) in [6, 6.07) is 8.29. The van der Waals surface area contributed by atoms with Gasteiger partial charge in [0, 0.05) is 13.0 Å². The SMILES string of the molecule is Fc1cccc(NCc2cc(Cl)c3c(c2)OCCCO3)n1. The molecule has 0 unspecified atom stereocenters. The Morgan fingerprint density at radius 3 is 2.95 bits per heavy atom. The van der Waals surface area contributed by atoms with Crippen LogP contribution in [0.15, 0.2) is 30.3 Å². The highest BCUT2D eigenvalue weighted by atomic mass is 35.5. The number of ether oxygens (including phenoxy) is 2. The van der Waals surface area contributed by atoms with Gasteiger partial charge in [-0.15, -0.1) is 0 Å². The van der Waals surface area contributed by atoms with Crippen LogP contribution in [-0.4, -0.2) is 18.2 Å². The smallest absolute Gasteiger partial charge is 0.214 e. The lowest BCUT2D eigenvalue weighted by molar-refractivity contribution is 0.297. The Morgan fingerprint density at radius 1 is 1.24 bits per heavy atom. The quantitative estimate of drug-likeness (QED) is 0.879. The van der Waals surface area contributed by atoms with Crippen molar-refractivity contribution in [2.45, 2.75) is 13.0 Å². The van der Waals surface area contributed by atoms with Crippen LogP contribution in [0.25, 0.3) is 0 Å². The third-order valence-electron chi connectivity index (χ3n) is 3.05. The zero-order chi connectivity index (χ0) is 14.7. The highest BCUT2D eigenvalue weighted by molar-refractivity contribution is 6.32. The van der Waals surface area contributed by atoms with Crippen LogP contribution in [0.3, 0.4) is 0 Å². The monoisotopic (exact) mass is 308 g/mol. The van der Waals surface area contributed by atoms with Crippen LogP contribution in [0.5, 0.6) is 11.5 Å². The first kappa shape index (κ1) is 13.9. The standard InChI is InChI=1S/C15H14ClFN2O2/c16-11-7-10(8-12-15(11)21-6-2-5-20-12)9-18-14-4-1-3-13(17)19-14/h1,3-4,7-8H,2,5-6,9H2,(H,18,19). The predicted molar refractivity (Wildman–Crippen MR) is 78.6 cm³/mol. The summed E-state index contributed by atoms with van der Waals surface area (Å²) in [5.41, 5.74) is 0.912. The molecule has 21 heavy (non-hydrogen) atoms. The minimum absolute atomic E-state index is 0.465. The maximum absolute atomic E-state index is 13.0. The van der Waals surface area contributed by atoms with E-state index < -0.39 is 5.95 Å². The van der Waals surface area contributed by atoms with Gasteiger partial charge < -0.3 is 14.8 Å². The number of anilines is 1. The summed E-state index contributed by atoms with van der Waals surface area (Å²) in [5, 5.41) is 3.56. The van der Waals surface area contributed by atoms with Gasteiger partial charge in [0.05, 0.1) is 18.2 Å². The second kappa shape index (κ2) is 6.18. The van der Waals surface area contributed by atoms with Gasteiger partial charge in [0.1, 0.15) is 5.82 Å². The molecule has 1 aliphatic heterocycles. The number of hydrogen-bond donors (Lipinski definition) is 1. The Balaban J connectivity index is 1.77. The van der Waals surface area contributed by atoms with Crippen molar-refractivity contribution in [2.75, 3.05) is 18.5 Å². The fourth-order valence-electron chi connectivity index (χ4n) is 2.09. The van der Waals surface area contributed by atoms with Crippen LogP contribution < -0.4 is 14.8 Å². The summed E-state index contributed by atoms with van der Waals surface area (Å²) in [7, 11) is 0. The van der Waals surface area contributed by atoms with Crippen LogP contribution in [0.4, 0.5) is 10.2 Å². The molecule has 0 saturated heterocycles. The number of nitrogens with zero attached hydrogens (tertiary/aromatic N) is 1. The number of hydrogen-bond acceptors (Lipinski definition) is 4. The Hall–Kier alpha value is -2.01. The van der Waals surface area contributed by atoms with E-state index in [0.29, 0.717) is 42.1 Å². The minimum atomic E-state index is -0.517. The first-order valence-electron chi connectivity index (χ1n) is 6.67. The van der Waals surface area contributed by atoms with Crippen LogP contribution in [-0.2, 0) is 6.54 Å². The molecule has 4 nitrogen and oxygen atoms in total. The van der Waals surface area contributed by atoms with Crippen molar-refractivity contribution in [3.63, 3.8) is 0 Å². The van der Waals surface area contributed by atoms with Crippen molar-refractivity contribution < 1.29 is 13.9 Å². The second-order valence-corrected chi connectivity index (χ2v) is 5.06. The van der Waals surface area contributed by atoms with E-state index in [1.54, 1.807) is 18.2 Å². The van der Waals surface area contributed by atoms with E-state index in [-0.39, 0.29) is 0 Å². The molecule has 2 heterocycles. The van der Waals surface area contributed by atoms with Crippen molar-refractivity contribution in [3.05, 3.63) is 46.9 Å². The summed E-state index contributed by atoms with van der Waals surface area (Å²) < 4.78 is 24.2. The maximum atomic E-state index is 13.0. The van der Waals surface area contributed by atoms with Crippen LogP contribution in [0, 0.1) is 5.95 Å². The van der Waals surface area contributed by atoms with Crippen LogP contribution >= 0.6 is 11.6 Å². The fraction of sp³-hybridized carbons (Fsp3) is 0.267. The molecule has 1 N–H and O–H groups in total. The second-order valence-electron chi connectivity index (χ2n) is 4.65. The van der Waals surface area contributed by atoms with Gasteiger partial charge in [-0.2, -0.15) is 4.39 Å². The largest absolute Gasteiger partial charge is 0.489 e. The highest BCUT2D eigenvalue weighted by Gasteiger charge is 2.15. The van der Waals surface area contributed by atoms with Gasteiger partial charge in [0.15, 0.2) is 11.5 Å². The topological polar surface area (TPSA) is 43.4 Å². The first-order chi connectivity index (χ1) is 10.2. The molecule has 0 fully saturated rings. The Labute approximate surface area is 126 Å². The summed E-state index contributed by atoms with van der Waals surface area (Å²) in [6.07, 6.45) is 0.825. The number of rotatable bonds is 3. The zero-order valence-corrected chi connectivity index (χ0v) is 12.0. The van der Waals surface area contributed by atoms with Gasteiger partial charge in [0.25, 0.3) is 0 Å². The fourth-order valence-corrected chi connectivity index (χ4v) is 2.37. The molecule has 0 amide bonds. The van der Waals surface area contributed by atoms with Crippen LogP contribution in [0.2, 0.25) is 5.02 Å². The molecular formula is C15H14ClFN2O2. The molecule has 1 aliphatic rings. The molecule has 110 valence electrons. The molecule has 1 aromatic heterocycles. The molecule has 6 heteroatoms. The van der Waals surface area contributed by atoms with Crippen LogP contribution in [0.1, 0.15) is 12.0 Å². The van der Waals surface area contributed by atoms with Gasteiger partial charge in [0.2, 0.25) is 5.95 Å². The number of fused-ring (bicyclic) bond motifs is 1. The molecule has 3 rings (SSSR count). The summed E-state index contributed by atoms with van der Waals surface area (Å²) in [6.45, 7) is 1.66. The maximum Gasteiger partial charge on any atom is 0.214 e. The van der Waals surface area contributed by atoms with E-state index in [2.05, 4.69) is 10.3 Å². The Kier molecular flexibility index (Phi) is 4.10. The van der Waals surface area contributed by atoms with Crippen molar-refractivity contribution in [1.29, 1.82) is 0 Å². The average Bonchev–Trinajstić information content (AvgIpc) is 2.71. The minimum Gasteiger partial charge on any atom is -0.489 e. The summed E-state index contributed by atoms with van der Waals surface area (Å²) in [4.78, 5) is 3.75. The van der Waals surface area contributed by atoms with Gasteiger partial charge in [-0.25, -0.2) is 4.98 Å². The normalized spacial score (nSPS) is 13.6. The van der Waals surface area contributed by atoms with Gasteiger partial charge in [-0.1, -0.05) is 17.7 Å².